The van der Waals surface area contributed by atoms with Crippen molar-refractivity contribution in [2.75, 3.05) is 20.2 Å². The smallest absolute Gasteiger partial charge is 0.174 e. The zero-order chi connectivity index (χ0) is 22.1. The Bertz CT molecular complexity index is 903. The van der Waals surface area contributed by atoms with Gasteiger partial charge in [0.05, 0.1) is 24.0 Å². The molecule has 2 aromatic carbocycles. The molecule has 4 heteroatoms. The maximum Gasteiger partial charge on any atom is 0.174 e. The number of hydrogen-bond donors (Lipinski definition) is 0. The fourth-order valence-corrected chi connectivity index (χ4v) is 6.34. The van der Waals surface area contributed by atoms with Crippen LogP contribution in [0.25, 0.3) is 0 Å². The van der Waals surface area contributed by atoms with Gasteiger partial charge in [-0.15, -0.1) is 4.31 Å². The molecule has 1 aliphatic heterocycles. The predicted octanol–water partition coefficient (Wildman–Crippen LogP) is 5.68. The maximum absolute atomic E-state index is 13.5. The topological polar surface area (TPSA) is 35.5 Å². The minimum Gasteiger partial charge on any atom is -0.593 e. The van der Waals surface area contributed by atoms with Crippen LogP contribution in [0.2, 0.25) is 0 Å². The average Bonchev–Trinajstić information content (AvgIpc) is 2.78. The predicted molar refractivity (Wildman–Crippen MR) is 128 cm³/mol. The lowest BCUT2D eigenvalue weighted by Crippen LogP contribution is -2.50. The van der Waals surface area contributed by atoms with E-state index in [2.05, 4.69) is 73.6 Å². The lowest BCUT2D eigenvalue weighted by Gasteiger charge is -2.47. The molecule has 1 aliphatic carbocycles. The average molecular weight is 438 g/mol. The van der Waals surface area contributed by atoms with Crippen molar-refractivity contribution in [3.05, 3.63) is 77.4 Å². The van der Waals surface area contributed by atoms with Crippen molar-refractivity contribution in [2.45, 2.75) is 62.9 Å². The van der Waals surface area contributed by atoms with E-state index in [9.17, 15) is 4.55 Å². The Labute approximate surface area is 190 Å². The van der Waals surface area contributed by atoms with E-state index in [1.165, 1.54) is 16.7 Å². The quantitative estimate of drug-likeness (QED) is 0.446. The molecule has 2 aliphatic rings. The van der Waals surface area contributed by atoms with Gasteiger partial charge in [-0.05, 0) is 54.4 Å². The van der Waals surface area contributed by atoms with E-state index in [-0.39, 0.29) is 16.9 Å². The summed E-state index contributed by atoms with van der Waals surface area (Å²) in [6, 6.07) is 19.1. The first-order valence-corrected chi connectivity index (χ1v) is 12.5. The molecule has 0 aromatic heterocycles. The van der Waals surface area contributed by atoms with Gasteiger partial charge in [0.15, 0.2) is 4.90 Å². The van der Waals surface area contributed by atoms with Crippen LogP contribution >= 0.6 is 0 Å². The molecule has 1 fully saturated rings. The van der Waals surface area contributed by atoms with E-state index in [0.717, 1.165) is 43.7 Å². The molecule has 0 spiro atoms. The van der Waals surface area contributed by atoms with Crippen molar-refractivity contribution in [1.29, 1.82) is 0 Å². The van der Waals surface area contributed by atoms with Crippen LogP contribution in [-0.2, 0) is 27.9 Å². The second-order valence-corrected chi connectivity index (χ2v) is 11.6. The summed E-state index contributed by atoms with van der Waals surface area (Å²) in [4.78, 5) is 0.904. The zero-order valence-electron chi connectivity index (χ0n) is 19.3. The first-order valence-electron chi connectivity index (χ1n) is 11.4. The summed E-state index contributed by atoms with van der Waals surface area (Å²) in [5.74, 6) is 0. The lowest BCUT2D eigenvalue weighted by atomic mass is 9.66. The third-order valence-electron chi connectivity index (χ3n) is 6.93. The molecule has 0 bridgehead atoms. The van der Waals surface area contributed by atoms with Gasteiger partial charge in [-0.3, -0.25) is 0 Å². The van der Waals surface area contributed by atoms with Crippen LogP contribution in [0.5, 0.6) is 0 Å². The van der Waals surface area contributed by atoms with Crippen molar-refractivity contribution < 1.29 is 9.29 Å². The molecule has 2 aromatic rings. The van der Waals surface area contributed by atoms with Gasteiger partial charge in [-0.1, -0.05) is 74.9 Å². The van der Waals surface area contributed by atoms with Crippen molar-refractivity contribution in [1.82, 2.24) is 4.31 Å². The fraction of sp³-hybridized carbons (Fsp3) is 0.481. The molecule has 166 valence electrons. The Hall–Kier alpha value is -1.59. The number of methoxy groups -OCH3 is 1. The third kappa shape index (κ3) is 4.93. The molecule has 3 atom stereocenters. The summed E-state index contributed by atoms with van der Waals surface area (Å²) in [6.45, 7) is 8.29. The summed E-state index contributed by atoms with van der Waals surface area (Å²) in [7, 11) is 1.80. The van der Waals surface area contributed by atoms with Crippen LogP contribution in [0.1, 0.15) is 51.2 Å². The molecule has 1 unspecified atom stereocenters. The van der Waals surface area contributed by atoms with Crippen LogP contribution in [0.3, 0.4) is 0 Å². The van der Waals surface area contributed by atoms with Gasteiger partial charge < -0.3 is 9.29 Å². The SMILES string of the molecule is CO[C@@H]1C=C2CCN([S+]([O-])c3ccc(C(C)(C)C)cc3)C[C@@]2(Cc2ccccc2)CC1. The zero-order valence-corrected chi connectivity index (χ0v) is 20.1. The first-order chi connectivity index (χ1) is 14.8. The number of ether oxygens (including phenoxy) is 1. The molecular weight excluding hydrogens is 402 g/mol. The van der Waals surface area contributed by atoms with Crippen molar-refractivity contribution >= 4 is 11.4 Å². The molecule has 4 rings (SSSR count). The van der Waals surface area contributed by atoms with Crippen LogP contribution in [0, 0.1) is 5.41 Å². The molecule has 1 saturated heterocycles. The minimum atomic E-state index is -1.14. The van der Waals surface area contributed by atoms with Gasteiger partial charge in [0.2, 0.25) is 0 Å². The van der Waals surface area contributed by atoms with E-state index < -0.39 is 11.4 Å². The monoisotopic (exact) mass is 437 g/mol. The highest BCUT2D eigenvalue weighted by Crippen LogP contribution is 2.47. The Morgan fingerprint density at radius 1 is 1.10 bits per heavy atom. The number of fused-ring (bicyclic) bond motifs is 1. The summed E-state index contributed by atoms with van der Waals surface area (Å²) < 4.78 is 21.4. The highest BCUT2D eigenvalue weighted by molar-refractivity contribution is 7.89. The second kappa shape index (κ2) is 9.11. The number of nitrogens with zero attached hydrogens (tertiary/aromatic N) is 1. The first kappa shape index (κ1) is 22.6. The maximum atomic E-state index is 13.5. The Morgan fingerprint density at radius 3 is 2.45 bits per heavy atom. The number of hydrogen-bond acceptors (Lipinski definition) is 3. The van der Waals surface area contributed by atoms with Gasteiger partial charge in [-0.2, -0.15) is 0 Å². The van der Waals surface area contributed by atoms with Crippen LogP contribution in [-0.4, -0.2) is 35.2 Å². The number of benzene rings is 2. The van der Waals surface area contributed by atoms with Crippen molar-refractivity contribution in [3.63, 3.8) is 0 Å². The van der Waals surface area contributed by atoms with Gasteiger partial charge in [0.25, 0.3) is 0 Å². The molecule has 1 heterocycles. The number of rotatable bonds is 5. The Kier molecular flexibility index (Phi) is 6.64. The normalized spacial score (nSPS) is 25.6. The Morgan fingerprint density at radius 2 is 1.81 bits per heavy atom. The summed E-state index contributed by atoms with van der Waals surface area (Å²) in [6.07, 6.45) is 6.60. The van der Waals surface area contributed by atoms with E-state index in [4.69, 9.17) is 4.74 Å². The van der Waals surface area contributed by atoms with E-state index in [1.54, 1.807) is 7.11 Å². The van der Waals surface area contributed by atoms with Crippen LogP contribution in [0.4, 0.5) is 0 Å². The van der Waals surface area contributed by atoms with Gasteiger partial charge >= 0.3 is 0 Å². The molecule has 0 N–H and O–H groups in total. The highest BCUT2D eigenvalue weighted by Gasteiger charge is 2.45. The molecule has 0 saturated carbocycles. The molecule has 0 amide bonds. The van der Waals surface area contributed by atoms with Gasteiger partial charge in [-0.25, -0.2) is 0 Å². The van der Waals surface area contributed by atoms with Crippen molar-refractivity contribution in [2.24, 2.45) is 5.41 Å². The molecule has 31 heavy (non-hydrogen) atoms. The number of piperidine rings is 1. The van der Waals surface area contributed by atoms with E-state index in [0.29, 0.717) is 0 Å². The van der Waals surface area contributed by atoms with E-state index in [1.807, 2.05) is 12.1 Å². The lowest BCUT2D eigenvalue weighted by molar-refractivity contribution is 0.0884. The molecular formula is C27H35NO2S. The van der Waals surface area contributed by atoms with Crippen LogP contribution < -0.4 is 0 Å². The molecule has 0 radical (unpaired) electrons. The standard InChI is InChI=1S/C27H35NO2S/c1-26(2,3)22-10-12-25(13-11-22)31(29)28-17-15-23-18-24(30-4)14-16-27(23,20-28)19-21-8-6-5-7-9-21/h5-13,18,24H,14-17,19-20H2,1-4H3/t24-,27-,31?/m0/s1. The second-order valence-electron chi connectivity index (χ2n) is 10.1. The van der Waals surface area contributed by atoms with Crippen molar-refractivity contribution in [3.8, 4) is 0 Å². The van der Waals surface area contributed by atoms with Gasteiger partial charge in [0.1, 0.15) is 0 Å². The largest absolute Gasteiger partial charge is 0.593 e. The summed E-state index contributed by atoms with van der Waals surface area (Å²) in [5.41, 5.74) is 4.26. The summed E-state index contributed by atoms with van der Waals surface area (Å²) >= 11 is -1.14. The minimum absolute atomic E-state index is 0.0373. The highest BCUT2D eigenvalue weighted by atomic mass is 32.2. The van der Waals surface area contributed by atoms with Crippen LogP contribution in [0.15, 0.2) is 71.1 Å². The fourth-order valence-electron chi connectivity index (χ4n) is 5.05. The van der Waals surface area contributed by atoms with E-state index >= 15 is 0 Å². The Balaban J connectivity index is 1.58. The summed E-state index contributed by atoms with van der Waals surface area (Å²) in [5, 5.41) is 0. The third-order valence-corrected chi connectivity index (χ3v) is 8.39. The van der Waals surface area contributed by atoms with Gasteiger partial charge in [0, 0.05) is 19.1 Å². The molecule has 3 nitrogen and oxygen atoms in total.